The van der Waals surface area contributed by atoms with Gasteiger partial charge in [-0.25, -0.2) is 4.98 Å². The fraction of sp³-hybridized carbons (Fsp3) is 0.462. The van der Waals surface area contributed by atoms with Gasteiger partial charge < -0.3 is 5.32 Å². The summed E-state index contributed by atoms with van der Waals surface area (Å²) < 4.78 is 0.910. The maximum Gasteiger partial charge on any atom is 0.106 e. The highest BCUT2D eigenvalue weighted by Crippen LogP contribution is 2.35. The van der Waals surface area contributed by atoms with Crippen LogP contribution in [0, 0.1) is 11.8 Å². The zero-order chi connectivity index (χ0) is 11.0. The maximum absolute atomic E-state index is 4.30. The molecule has 1 fully saturated rings. The van der Waals surface area contributed by atoms with E-state index in [0.717, 1.165) is 23.0 Å². The molecular weight excluding hydrogens is 264 g/mol. The molecule has 2 nitrogen and oxygen atoms in total. The third kappa shape index (κ3) is 1.94. The fourth-order valence-corrected chi connectivity index (χ4v) is 2.99. The lowest BCUT2D eigenvalue weighted by molar-refractivity contribution is 0.448. The third-order valence-corrected chi connectivity index (χ3v) is 4.16. The van der Waals surface area contributed by atoms with Crippen LogP contribution < -0.4 is 5.32 Å². The van der Waals surface area contributed by atoms with E-state index in [-0.39, 0.29) is 0 Å². The molecule has 0 amide bonds. The summed E-state index contributed by atoms with van der Waals surface area (Å²) in [5.41, 5.74) is 2.76. The van der Waals surface area contributed by atoms with E-state index in [1.807, 2.05) is 12.3 Å². The number of halogens is 1. The van der Waals surface area contributed by atoms with E-state index in [9.17, 15) is 0 Å². The number of nitrogens with zero attached hydrogens (tertiary/aromatic N) is 1. The average Bonchev–Trinajstić information content (AvgIpc) is 2.77. The van der Waals surface area contributed by atoms with E-state index >= 15 is 0 Å². The van der Waals surface area contributed by atoms with Gasteiger partial charge in [-0.05, 0) is 64.4 Å². The topological polar surface area (TPSA) is 24.9 Å². The van der Waals surface area contributed by atoms with Gasteiger partial charge in [0.15, 0.2) is 0 Å². The van der Waals surface area contributed by atoms with Crippen molar-refractivity contribution in [1.29, 1.82) is 0 Å². The molecule has 1 saturated heterocycles. The van der Waals surface area contributed by atoms with E-state index in [1.165, 1.54) is 30.5 Å². The van der Waals surface area contributed by atoms with Crippen LogP contribution in [0.2, 0.25) is 0 Å². The molecule has 2 heterocycles. The van der Waals surface area contributed by atoms with Crippen molar-refractivity contribution in [2.75, 3.05) is 13.1 Å². The Morgan fingerprint density at radius 1 is 1.31 bits per heavy atom. The zero-order valence-electron chi connectivity index (χ0n) is 9.12. The Balaban J connectivity index is 1.87. The predicted octanol–water partition coefficient (Wildman–Crippen LogP) is 2.86. The van der Waals surface area contributed by atoms with E-state index in [1.54, 1.807) is 0 Å². The molecule has 84 valence electrons. The van der Waals surface area contributed by atoms with Gasteiger partial charge in [0.1, 0.15) is 4.60 Å². The first-order valence-electron chi connectivity index (χ1n) is 5.86. The van der Waals surface area contributed by atoms with E-state index in [2.05, 4.69) is 38.4 Å². The van der Waals surface area contributed by atoms with Gasteiger partial charge in [-0.2, -0.15) is 0 Å². The second-order valence-electron chi connectivity index (χ2n) is 4.68. The molecular formula is C13H15BrN2. The normalized spacial score (nSPS) is 28.7. The minimum Gasteiger partial charge on any atom is -0.316 e. The first-order valence-corrected chi connectivity index (χ1v) is 6.65. The summed E-state index contributed by atoms with van der Waals surface area (Å²) in [6.07, 6.45) is 6.95. The summed E-state index contributed by atoms with van der Waals surface area (Å²) in [7, 11) is 0. The monoisotopic (exact) mass is 278 g/mol. The zero-order valence-corrected chi connectivity index (χ0v) is 10.7. The van der Waals surface area contributed by atoms with Crippen LogP contribution in [-0.2, 0) is 0 Å². The Bertz CT molecular complexity index is 410. The summed E-state index contributed by atoms with van der Waals surface area (Å²) in [4.78, 5) is 4.30. The summed E-state index contributed by atoms with van der Waals surface area (Å²) in [5.74, 6) is 1.61. The number of aromatic nitrogens is 1. The highest BCUT2D eigenvalue weighted by molar-refractivity contribution is 9.10. The molecule has 3 heteroatoms. The number of pyridine rings is 1. The van der Waals surface area contributed by atoms with Gasteiger partial charge in [-0.3, -0.25) is 0 Å². The second-order valence-corrected chi connectivity index (χ2v) is 5.49. The van der Waals surface area contributed by atoms with Crippen molar-refractivity contribution in [3.05, 3.63) is 34.6 Å². The molecule has 0 unspecified atom stereocenters. The lowest BCUT2D eigenvalue weighted by atomic mass is 9.81. The Morgan fingerprint density at radius 3 is 3.06 bits per heavy atom. The van der Waals surface area contributed by atoms with Crippen molar-refractivity contribution in [1.82, 2.24) is 10.3 Å². The Hall–Kier alpha value is -0.670. The molecule has 0 bridgehead atoms. The maximum atomic E-state index is 4.30. The SMILES string of the molecule is Brc1ccc(C2=C[C@@H]3CNC[C@@H]3CC2)cn1. The van der Waals surface area contributed by atoms with Crippen molar-refractivity contribution >= 4 is 21.5 Å². The summed E-state index contributed by atoms with van der Waals surface area (Å²) in [6.45, 7) is 2.35. The molecule has 0 aromatic carbocycles. The predicted molar refractivity (Wildman–Crippen MR) is 69.0 cm³/mol. The molecule has 2 aliphatic rings. The standard InChI is InChI=1S/C13H15BrN2/c14-13-4-3-11(8-16-13)9-1-2-10-6-15-7-12(10)5-9/h3-5,8,10,12,15H,1-2,6-7H2/t10-,12+/m0/s1. The van der Waals surface area contributed by atoms with Crippen molar-refractivity contribution in [3.8, 4) is 0 Å². The Morgan fingerprint density at radius 2 is 2.25 bits per heavy atom. The van der Waals surface area contributed by atoms with Gasteiger partial charge in [-0.1, -0.05) is 12.1 Å². The molecule has 1 aromatic heterocycles. The molecule has 1 N–H and O–H groups in total. The van der Waals surface area contributed by atoms with Crippen molar-refractivity contribution in [2.45, 2.75) is 12.8 Å². The highest BCUT2D eigenvalue weighted by atomic mass is 79.9. The largest absolute Gasteiger partial charge is 0.316 e. The number of allylic oxidation sites excluding steroid dienone is 1. The van der Waals surface area contributed by atoms with Crippen molar-refractivity contribution in [2.24, 2.45) is 11.8 Å². The molecule has 3 rings (SSSR count). The number of rotatable bonds is 1. The lowest BCUT2D eigenvalue weighted by Gasteiger charge is -2.23. The number of nitrogens with one attached hydrogen (secondary N) is 1. The van der Waals surface area contributed by atoms with Crippen LogP contribution in [0.25, 0.3) is 5.57 Å². The van der Waals surface area contributed by atoms with E-state index in [4.69, 9.17) is 0 Å². The van der Waals surface area contributed by atoms with Crippen molar-refractivity contribution in [3.63, 3.8) is 0 Å². The van der Waals surface area contributed by atoms with Gasteiger partial charge in [0, 0.05) is 12.7 Å². The molecule has 1 aliphatic heterocycles. The molecule has 1 aliphatic carbocycles. The van der Waals surface area contributed by atoms with Crippen molar-refractivity contribution < 1.29 is 0 Å². The van der Waals surface area contributed by atoms with Crippen LogP contribution in [0.3, 0.4) is 0 Å². The van der Waals surface area contributed by atoms with Gasteiger partial charge >= 0.3 is 0 Å². The quantitative estimate of drug-likeness (QED) is 0.800. The molecule has 1 aromatic rings. The molecule has 16 heavy (non-hydrogen) atoms. The van der Waals surface area contributed by atoms with E-state index in [0.29, 0.717) is 0 Å². The van der Waals surface area contributed by atoms with E-state index < -0.39 is 0 Å². The molecule has 0 spiro atoms. The van der Waals surface area contributed by atoms with Gasteiger partial charge in [0.2, 0.25) is 0 Å². The molecule has 2 atom stereocenters. The van der Waals surface area contributed by atoms with Crippen LogP contribution in [-0.4, -0.2) is 18.1 Å². The summed E-state index contributed by atoms with van der Waals surface area (Å²) >= 11 is 3.37. The van der Waals surface area contributed by atoms with Gasteiger partial charge in [0.25, 0.3) is 0 Å². The average molecular weight is 279 g/mol. The first kappa shape index (κ1) is 10.5. The molecule has 0 radical (unpaired) electrons. The fourth-order valence-electron chi connectivity index (χ4n) is 2.75. The summed E-state index contributed by atoms with van der Waals surface area (Å²) in [6, 6.07) is 4.18. The second kappa shape index (κ2) is 4.30. The van der Waals surface area contributed by atoms with Gasteiger partial charge in [0.05, 0.1) is 0 Å². The smallest absolute Gasteiger partial charge is 0.106 e. The molecule has 0 saturated carbocycles. The Kier molecular flexibility index (Phi) is 2.82. The first-order chi connectivity index (χ1) is 7.83. The minimum absolute atomic E-state index is 0.743. The number of hydrogen-bond donors (Lipinski definition) is 1. The lowest BCUT2D eigenvalue weighted by Crippen LogP contribution is -2.15. The number of fused-ring (bicyclic) bond motifs is 1. The third-order valence-electron chi connectivity index (χ3n) is 3.69. The van der Waals surface area contributed by atoms with Gasteiger partial charge in [-0.15, -0.1) is 0 Å². The van der Waals surface area contributed by atoms with Crippen LogP contribution in [0.4, 0.5) is 0 Å². The van der Waals surface area contributed by atoms with Crippen LogP contribution in [0.1, 0.15) is 18.4 Å². The minimum atomic E-state index is 0.743. The van der Waals surface area contributed by atoms with Crippen LogP contribution >= 0.6 is 15.9 Å². The number of hydrogen-bond acceptors (Lipinski definition) is 2. The highest BCUT2D eigenvalue weighted by Gasteiger charge is 2.29. The van der Waals surface area contributed by atoms with Crippen LogP contribution in [0.5, 0.6) is 0 Å². The van der Waals surface area contributed by atoms with Crippen LogP contribution in [0.15, 0.2) is 29.0 Å². The summed E-state index contributed by atoms with van der Waals surface area (Å²) in [5, 5.41) is 3.48. The Labute approximate surface area is 104 Å².